The van der Waals surface area contributed by atoms with Crippen molar-refractivity contribution < 1.29 is 0 Å². The van der Waals surface area contributed by atoms with Crippen molar-refractivity contribution in [3.05, 3.63) is 53.1 Å². The van der Waals surface area contributed by atoms with E-state index in [0.717, 1.165) is 11.3 Å². The molecule has 2 aromatic heterocycles. The highest BCUT2D eigenvalue weighted by molar-refractivity contribution is 5.57. The Kier molecular flexibility index (Phi) is 2.86. The highest BCUT2D eigenvalue weighted by Crippen LogP contribution is 2.15. The van der Waals surface area contributed by atoms with Crippen LogP contribution < -0.4 is 5.56 Å². The maximum absolute atomic E-state index is 11.6. The van der Waals surface area contributed by atoms with Crippen LogP contribution >= 0.6 is 0 Å². The minimum absolute atomic E-state index is 0.0229. The van der Waals surface area contributed by atoms with Crippen LogP contribution in [0.4, 0.5) is 0 Å². The van der Waals surface area contributed by atoms with Gasteiger partial charge in [0.1, 0.15) is 0 Å². The standard InChI is InChI=1S/C13H14N2O/c1-10(2)15-9-11(6-7-13(15)16)12-5-3-4-8-14-12/h3-10H,1-2H3. The van der Waals surface area contributed by atoms with Gasteiger partial charge in [-0.1, -0.05) is 6.07 Å². The van der Waals surface area contributed by atoms with Crippen LogP contribution in [0.15, 0.2) is 47.5 Å². The zero-order valence-electron chi connectivity index (χ0n) is 9.42. The normalized spacial score (nSPS) is 10.7. The summed E-state index contributed by atoms with van der Waals surface area (Å²) < 4.78 is 1.71. The maximum atomic E-state index is 11.6. The highest BCUT2D eigenvalue weighted by atomic mass is 16.1. The van der Waals surface area contributed by atoms with Crippen molar-refractivity contribution in [2.24, 2.45) is 0 Å². The summed E-state index contributed by atoms with van der Waals surface area (Å²) in [6.45, 7) is 3.98. The first-order valence-corrected chi connectivity index (χ1v) is 5.32. The van der Waals surface area contributed by atoms with Crippen molar-refractivity contribution in [2.45, 2.75) is 19.9 Å². The molecule has 0 saturated carbocycles. The third kappa shape index (κ3) is 2.03. The summed E-state index contributed by atoms with van der Waals surface area (Å²) in [7, 11) is 0. The Morgan fingerprint density at radius 3 is 2.62 bits per heavy atom. The predicted molar refractivity (Wildman–Crippen MR) is 64.3 cm³/mol. The molecule has 0 aliphatic rings. The van der Waals surface area contributed by atoms with Gasteiger partial charge >= 0.3 is 0 Å². The SMILES string of the molecule is CC(C)n1cc(-c2ccccn2)ccc1=O. The molecule has 0 aliphatic heterocycles. The van der Waals surface area contributed by atoms with Crippen LogP contribution in [0.5, 0.6) is 0 Å². The van der Waals surface area contributed by atoms with Gasteiger partial charge < -0.3 is 4.57 Å². The van der Waals surface area contributed by atoms with Gasteiger partial charge in [0, 0.05) is 30.1 Å². The summed E-state index contributed by atoms with van der Waals surface area (Å²) in [6.07, 6.45) is 3.61. The molecule has 0 atom stereocenters. The summed E-state index contributed by atoms with van der Waals surface area (Å²) in [6, 6.07) is 9.31. The van der Waals surface area contributed by atoms with Crippen molar-refractivity contribution in [1.82, 2.24) is 9.55 Å². The van der Waals surface area contributed by atoms with Crippen molar-refractivity contribution >= 4 is 0 Å². The molecule has 0 bridgehead atoms. The van der Waals surface area contributed by atoms with Gasteiger partial charge in [-0.2, -0.15) is 0 Å². The fraction of sp³-hybridized carbons (Fsp3) is 0.231. The molecule has 0 N–H and O–H groups in total. The number of hydrogen-bond acceptors (Lipinski definition) is 2. The molecule has 3 heteroatoms. The third-order valence-electron chi connectivity index (χ3n) is 2.46. The number of nitrogens with zero attached hydrogens (tertiary/aromatic N) is 2. The summed E-state index contributed by atoms with van der Waals surface area (Å²) in [5, 5.41) is 0. The minimum atomic E-state index is 0.0229. The first-order chi connectivity index (χ1) is 7.68. The van der Waals surface area contributed by atoms with Crippen LogP contribution in [0.25, 0.3) is 11.3 Å². The maximum Gasteiger partial charge on any atom is 0.250 e. The van der Waals surface area contributed by atoms with E-state index in [1.54, 1.807) is 16.8 Å². The van der Waals surface area contributed by atoms with Crippen LogP contribution in [-0.2, 0) is 0 Å². The van der Waals surface area contributed by atoms with Crippen LogP contribution in [0.1, 0.15) is 19.9 Å². The first-order valence-electron chi connectivity index (χ1n) is 5.32. The molecular formula is C13H14N2O. The average molecular weight is 214 g/mol. The first kappa shape index (κ1) is 10.6. The fourth-order valence-corrected chi connectivity index (χ4v) is 1.59. The molecule has 0 aromatic carbocycles. The zero-order valence-corrected chi connectivity index (χ0v) is 9.42. The van der Waals surface area contributed by atoms with Gasteiger partial charge in [-0.05, 0) is 32.0 Å². The molecule has 0 saturated heterocycles. The molecule has 2 aromatic rings. The molecule has 16 heavy (non-hydrogen) atoms. The Bertz CT molecular complexity index is 529. The Morgan fingerprint density at radius 2 is 2.00 bits per heavy atom. The molecule has 0 radical (unpaired) electrons. The number of hydrogen-bond donors (Lipinski definition) is 0. The minimum Gasteiger partial charge on any atom is -0.312 e. The average Bonchev–Trinajstić information content (AvgIpc) is 2.30. The Morgan fingerprint density at radius 1 is 1.19 bits per heavy atom. The molecule has 3 nitrogen and oxygen atoms in total. The Labute approximate surface area is 94.4 Å². The van der Waals surface area contributed by atoms with Crippen LogP contribution in [0, 0.1) is 0 Å². The van der Waals surface area contributed by atoms with E-state index in [2.05, 4.69) is 4.98 Å². The molecule has 82 valence electrons. The van der Waals surface area contributed by atoms with E-state index in [1.807, 2.05) is 44.3 Å². The number of rotatable bonds is 2. The molecule has 2 heterocycles. The van der Waals surface area contributed by atoms with Gasteiger partial charge in [0.25, 0.3) is 5.56 Å². The quantitative estimate of drug-likeness (QED) is 0.769. The molecule has 0 unspecified atom stereocenters. The van der Waals surface area contributed by atoms with E-state index >= 15 is 0 Å². The lowest BCUT2D eigenvalue weighted by Gasteiger charge is -2.10. The third-order valence-corrected chi connectivity index (χ3v) is 2.46. The summed E-state index contributed by atoms with van der Waals surface area (Å²) in [4.78, 5) is 15.9. The van der Waals surface area contributed by atoms with Crippen molar-refractivity contribution in [2.75, 3.05) is 0 Å². The molecule has 0 amide bonds. The lowest BCUT2D eigenvalue weighted by molar-refractivity contribution is 0.579. The van der Waals surface area contributed by atoms with Gasteiger partial charge in [-0.15, -0.1) is 0 Å². The van der Waals surface area contributed by atoms with Crippen LogP contribution in [0.2, 0.25) is 0 Å². The summed E-state index contributed by atoms with van der Waals surface area (Å²) in [5.41, 5.74) is 1.88. The van der Waals surface area contributed by atoms with Gasteiger partial charge in [0.05, 0.1) is 5.69 Å². The largest absolute Gasteiger partial charge is 0.312 e. The van der Waals surface area contributed by atoms with Gasteiger partial charge in [-0.25, -0.2) is 0 Å². The van der Waals surface area contributed by atoms with E-state index in [9.17, 15) is 4.79 Å². The van der Waals surface area contributed by atoms with Gasteiger partial charge in [-0.3, -0.25) is 9.78 Å². The van der Waals surface area contributed by atoms with E-state index < -0.39 is 0 Å². The van der Waals surface area contributed by atoms with E-state index in [4.69, 9.17) is 0 Å². The summed E-state index contributed by atoms with van der Waals surface area (Å²) >= 11 is 0. The smallest absolute Gasteiger partial charge is 0.250 e. The Hall–Kier alpha value is -1.90. The molecule has 0 aliphatic carbocycles. The molecule has 0 spiro atoms. The van der Waals surface area contributed by atoms with Crippen LogP contribution in [0.3, 0.4) is 0 Å². The van der Waals surface area contributed by atoms with E-state index in [0.29, 0.717) is 0 Å². The van der Waals surface area contributed by atoms with Crippen molar-refractivity contribution in [3.8, 4) is 11.3 Å². The van der Waals surface area contributed by atoms with Gasteiger partial charge in [0.2, 0.25) is 0 Å². The fourth-order valence-electron chi connectivity index (χ4n) is 1.59. The second-order valence-corrected chi connectivity index (χ2v) is 3.97. The second-order valence-electron chi connectivity index (χ2n) is 3.97. The van der Waals surface area contributed by atoms with Crippen molar-refractivity contribution in [1.29, 1.82) is 0 Å². The lowest BCUT2D eigenvalue weighted by atomic mass is 10.2. The molecule has 0 fully saturated rings. The van der Waals surface area contributed by atoms with Gasteiger partial charge in [0.15, 0.2) is 0 Å². The monoisotopic (exact) mass is 214 g/mol. The Balaban J connectivity index is 2.52. The molecular weight excluding hydrogens is 200 g/mol. The molecule has 2 rings (SSSR count). The lowest BCUT2D eigenvalue weighted by Crippen LogP contribution is -2.20. The zero-order chi connectivity index (χ0) is 11.5. The number of aromatic nitrogens is 2. The van der Waals surface area contributed by atoms with Crippen molar-refractivity contribution in [3.63, 3.8) is 0 Å². The number of pyridine rings is 2. The predicted octanol–water partition coefficient (Wildman–Crippen LogP) is 2.49. The second kappa shape index (κ2) is 4.31. The van der Waals surface area contributed by atoms with Crippen LogP contribution in [-0.4, -0.2) is 9.55 Å². The van der Waals surface area contributed by atoms with E-state index in [1.165, 1.54) is 0 Å². The van der Waals surface area contributed by atoms with E-state index in [-0.39, 0.29) is 11.6 Å². The topological polar surface area (TPSA) is 34.9 Å². The summed E-state index contributed by atoms with van der Waals surface area (Å²) in [5.74, 6) is 0. The highest BCUT2D eigenvalue weighted by Gasteiger charge is 2.04.